The van der Waals surface area contributed by atoms with Crippen LogP contribution in [0.3, 0.4) is 0 Å². The van der Waals surface area contributed by atoms with Gasteiger partial charge < -0.3 is 5.73 Å². The van der Waals surface area contributed by atoms with Gasteiger partial charge in [-0.15, -0.1) is 0 Å². The number of hydrogen-bond acceptors (Lipinski definition) is 1. The van der Waals surface area contributed by atoms with Crippen LogP contribution in [-0.2, 0) is 0 Å². The number of hydrogen-bond donors (Lipinski definition) is 1. The zero-order chi connectivity index (χ0) is 11.4. The second-order valence-electron chi connectivity index (χ2n) is 4.58. The van der Waals surface area contributed by atoms with Gasteiger partial charge in [-0.1, -0.05) is 25.4 Å². The molecule has 0 spiro atoms. The summed E-state index contributed by atoms with van der Waals surface area (Å²) in [6, 6.07) is 1.96. The first-order valence-electron chi connectivity index (χ1n) is 4.76. The number of halogens is 3. The van der Waals surface area contributed by atoms with Crippen LogP contribution in [0.25, 0.3) is 0 Å². The third-order valence-corrected chi connectivity index (χ3v) is 3.69. The van der Waals surface area contributed by atoms with Gasteiger partial charge in [0.25, 0.3) is 0 Å². The molecule has 0 aromatic heterocycles. The highest BCUT2D eigenvalue weighted by atomic mass is 35.5. The summed E-state index contributed by atoms with van der Waals surface area (Å²) < 4.78 is 26.7. The normalized spacial score (nSPS) is 27.9. The van der Waals surface area contributed by atoms with E-state index in [1.54, 1.807) is 0 Å². The summed E-state index contributed by atoms with van der Waals surface area (Å²) in [5.74, 6) is -1.27. The average molecular weight is 232 g/mol. The zero-order valence-electron chi connectivity index (χ0n) is 8.52. The van der Waals surface area contributed by atoms with Crippen molar-refractivity contribution in [3.05, 3.63) is 34.4 Å². The summed E-state index contributed by atoms with van der Waals surface area (Å²) in [6.07, 6.45) is 0. The van der Waals surface area contributed by atoms with Crippen LogP contribution in [0.1, 0.15) is 25.3 Å². The van der Waals surface area contributed by atoms with E-state index in [1.807, 2.05) is 13.8 Å². The predicted molar refractivity (Wildman–Crippen MR) is 55.9 cm³/mol. The molecule has 0 radical (unpaired) electrons. The van der Waals surface area contributed by atoms with Gasteiger partial charge in [0.2, 0.25) is 0 Å². The van der Waals surface area contributed by atoms with Gasteiger partial charge in [0.05, 0.1) is 5.02 Å². The first kappa shape index (κ1) is 10.8. The molecular weight excluding hydrogens is 220 g/mol. The van der Waals surface area contributed by atoms with Crippen LogP contribution < -0.4 is 5.73 Å². The summed E-state index contributed by atoms with van der Waals surface area (Å²) in [5.41, 5.74) is 5.82. The molecule has 0 bridgehead atoms. The Kier molecular flexibility index (Phi) is 2.28. The van der Waals surface area contributed by atoms with E-state index in [0.717, 1.165) is 12.1 Å². The highest BCUT2D eigenvalue weighted by Gasteiger charge is 2.57. The molecule has 2 rings (SSSR count). The minimum atomic E-state index is -0.594. The van der Waals surface area contributed by atoms with Crippen molar-refractivity contribution in [2.45, 2.75) is 25.8 Å². The minimum Gasteiger partial charge on any atom is -0.327 e. The third kappa shape index (κ3) is 1.45. The van der Waals surface area contributed by atoms with E-state index in [-0.39, 0.29) is 28.0 Å². The largest absolute Gasteiger partial charge is 0.327 e. The highest BCUT2D eigenvalue weighted by molar-refractivity contribution is 6.31. The van der Waals surface area contributed by atoms with Gasteiger partial charge in [-0.25, -0.2) is 8.78 Å². The van der Waals surface area contributed by atoms with Crippen LogP contribution in [0.5, 0.6) is 0 Å². The Morgan fingerprint density at radius 2 is 1.73 bits per heavy atom. The molecule has 0 heterocycles. The van der Waals surface area contributed by atoms with Crippen molar-refractivity contribution in [1.82, 2.24) is 0 Å². The van der Waals surface area contributed by atoms with Gasteiger partial charge in [0, 0.05) is 17.5 Å². The van der Waals surface area contributed by atoms with Crippen LogP contribution in [0.4, 0.5) is 8.78 Å². The molecule has 2 N–H and O–H groups in total. The standard InChI is InChI=1S/C11H12ClF2N/c1-11(2)8(10(11)15)7-5(13)3-4-6(14)9(7)12/h3-4,8,10H,15H2,1-2H3/t8-,10-/m0/s1. The molecule has 1 fully saturated rings. The summed E-state index contributed by atoms with van der Waals surface area (Å²) in [4.78, 5) is 0. The first-order valence-corrected chi connectivity index (χ1v) is 5.14. The second-order valence-corrected chi connectivity index (χ2v) is 4.96. The van der Waals surface area contributed by atoms with Gasteiger partial charge >= 0.3 is 0 Å². The van der Waals surface area contributed by atoms with Crippen LogP contribution in [0.2, 0.25) is 5.02 Å². The Morgan fingerprint density at radius 1 is 1.27 bits per heavy atom. The Bertz CT molecular complexity index is 417. The summed E-state index contributed by atoms with van der Waals surface area (Å²) in [6.45, 7) is 3.84. The molecule has 1 saturated carbocycles. The zero-order valence-corrected chi connectivity index (χ0v) is 9.28. The van der Waals surface area contributed by atoms with E-state index in [4.69, 9.17) is 17.3 Å². The molecule has 15 heavy (non-hydrogen) atoms. The maximum absolute atomic E-state index is 13.5. The van der Waals surface area contributed by atoms with Gasteiger partial charge in [-0.05, 0) is 17.5 Å². The lowest BCUT2D eigenvalue weighted by Crippen LogP contribution is -2.06. The molecular formula is C11H12ClF2N. The molecule has 1 nitrogen and oxygen atoms in total. The molecule has 1 aromatic carbocycles. The molecule has 0 unspecified atom stereocenters. The number of nitrogens with two attached hydrogens (primary N) is 1. The van der Waals surface area contributed by atoms with E-state index in [0.29, 0.717) is 0 Å². The summed E-state index contributed by atoms with van der Waals surface area (Å²) in [7, 11) is 0. The van der Waals surface area contributed by atoms with Gasteiger partial charge in [-0.2, -0.15) is 0 Å². The molecule has 0 amide bonds. The van der Waals surface area contributed by atoms with Crippen molar-refractivity contribution < 1.29 is 8.78 Å². The SMILES string of the molecule is CC1(C)[C@@H](N)[C@@H]1c1c(F)ccc(F)c1Cl. The Balaban J connectivity index is 2.51. The fourth-order valence-corrected chi connectivity index (χ4v) is 2.33. The second kappa shape index (κ2) is 3.16. The monoisotopic (exact) mass is 231 g/mol. The Hall–Kier alpha value is -0.670. The maximum Gasteiger partial charge on any atom is 0.142 e. The van der Waals surface area contributed by atoms with E-state index < -0.39 is 11.6 Å². The lowest BCUT2D eigenvalue weighted by Gasteiger charge is -2.07. The summed E-state index contributed by atoms with van der Waals surface area (Å²) >= 11 is 5.76. The van der Waals surface area contributed by atoms with E-state index in [2.05, 4.69) is 0 Å². The lowest BCUT2D eigenvalue weighted by atomic mass is 10.0. The summed E-state index contributed by atoms with van der Waals surface area (Å²) in [5, 5.41) is -0.138. The molecule has 82 valence electrons. The fraction of sp³-hybridized carbons (Fsp3) is 0.455. The molecule has 2 atom stereocenters. The lowest BCUT2D eigenvalue weighted by molar-refractivity contribution is 0.560. The van der Waals surface area contributed by atoms with Crippen molar-refractivity contribution in [3.63, 3.8) is 0 Å². The fourth-order valence-electron chi connectivity index (χ4n) is 2.06. The Morgan fingerprint density at radius 3 is 2.20 bits per heavy atom. The van der Waals surface area contributed by atoms with E-state index in [1.165, 1.54) is 0 Å². The minimum absolute atomic E-state index is 0.138. The van der Waals surface area contributed by atoms with Crippen molar-refractivity contribution in [2.75, 3.05) is 0 Å². The maximum atomic E-state index is 13.5. The van der Waals surface area contributed by atoms with Crippen LogP contribution in [-0.4, -0.2) is 6.04 Å². The molecule has 1 aliphatic rings. The van der Waals surface area contributed by atoms with E-state index >= 15 is 0 Å². The average Bonchev–Trinajstić information content (AvgIpc) is 2.63. The smallest absolute Gasteiger partial charge is 0.142 e. The van der Waals surface area contributed by atoms with Crippen LogP contribution >= 0.6 is 11.6 Å². The third-order valence-electron chi connectivity index (χ3n) is 3.30. The Labute approximate surface area is 92.2 Å². The van der Waals surface area contributed by atoms with Gasteiger partial charge in [0.15, 0.2) is 0 Å². The molecule has 0 aliphatic heterocycles. The van der Waals surface area contributed by atoms with Crippen LogP contribution in [0.15, 0.2) is 12.1 Å². The molecule has 4 heteroatoms. The number of benzene rings is 1. The molecule has 1 aromatic rings. The van der Waals surface area contributed by atoms with Crippen molar-refractivity contribution in [2.24, 2.45) is 11.1 Å². The topological polar surface area (TPSA) is 26.0 Å². The quantitative estimate of drug-likeness (QED) is 0.739. The van der Waals surface area contributed by atoms with Gasteiger partial charge in [-0.3, -0.25) is 0 Å². The van der Waals surface area contributed by atoms with Crippen molar-refractivity contribution in [1.29, 1.82) is 0 Å². The number of rotatable bonds is 1. The molecule has 0 saturated heterocycles. The highest BCUT2D eigenvalue weighted by Crippen LogP contribution is 2.59. The van der Waals surface area contributed by atoms with E-state index in [9.17, 15) is 8.78 Å². The van der Waals surface area contributed by atoms with Crippen LogP contribution in [0, 0.1) is 17.0 Å². The molecule has 1 aliphatic carbocycles. The van der Waals surface area contributed by atoms with Crippen molar-refractivity contribution in [3.8, 4) is 0 Å². The predicted octanol–water partition coefficient (Wildman–Crippen LogP) is 3.07. The van der Waals surface area contributed by atoms with Gasteiger partial charge in [0.1, 0.15) is 11.6 Å². The first-order chi connectivity index (χ1) is 6.87. The van der Waals surface area contributed by atoms with Crippen molar-refractivity contribution >= 4 is 11.6 Å².